The molecule has 4 heteroatoms. The van der Waals surface area contributed by atoms with Gasteiger partial charge in [0.1, 0.15) is 0 Å². The number of nitrogens with zero attached hydrogens (tertiary/aromatic N) is 2. The average molecular weight is 211 g/mol. The van der Waals surface area contributed by atoms with E-state index < -0.39 is 0 Å². The summed E-state index contributed by atoms with van der Waals surface area (Å²) in [7, 11) is 0. The largest absolute Gasteiger partial charge is 0.487 e. The summed E-state index contributed by atoms with van der Waals surface area (Å²) in [5.74, 6) is 0.841. The molecule has 1 unspecified atom stereocenters. The Kier molecular flexibility index (Phi) is 4.62. The zero-order valence-electron chi connectivity index (χ0n) is 9.81. The van der Waals surface area contributed by atoms with Crippen LogP contribution in [0.25, 0.3) is 0 Å². The van der Waals surface area contributed by atoms with Crippen molar-refractivity contribution in [2.24, 2.45) is 5.73 Å². The van der Waals surface area contributed by atoms with Crippen LogP contribution in [0.4, 0.5) is 0 Å². The van der Waals surface area contributed by atoms with E-state index in [0.717, 1.165) is 25.1 Å². The van der Waals surface area contributed by atoms with Crippen molar-refractivity contribution >= 4 is 0 Å². The highest BCUT2D eigenvalue weighted by molar-refractivity contribution is 5.12. The van der Waals surface area contributed by atoms with Gasteiger partial charge in [0.15, 0.2) is 5.75 Å². The molecule has 15 heavy (non-hydrogen) atoms. The smallest absolute Gasteiger partial charge is 0.157 e. The fourth-order valence-electron chi connectivity index (χ4n) is 1.36. The first-order valence-electron chi connectivity index (χ1n) is 5.54. The highest BCUT2D eigenvalue weighted by Crippen LogP contribution is 2.15. The van der Waals surface area contributed by atoms with Gasteiger partial charge in [0.2, 0.25) is 0 Å². The van der Waals surface area contributed by atoms with E-state index in [1.807, 2.05) is 10.9 Å². The van der Waals surface area contributed by atoms with Crippen molar-refractivity contribution in [3.63, 3.8) is 0 Å². The van der Waals surface area contributed by atoms with Crippen LogP contribution in [0.2, 0.25) is 0 Å². The molecule has 0 aliphatic carbocycles. The van der Waals surface area contributed by atoms with Gasteiger partial charge in [0.25, 0.3) is 0 Å². The fourth-order valence-corrected chi connectivity index (χ4v) is 1.36. The second kappa shape index (κ2) is 5.75. The lowest BCUT2D eigenvalue weighted by atomic mass is 10.2. The van der Waals surface area contributed by atoms with Crippen molar-refractivity contribution < 1.29 is 4.74 Å². The Morgan fingerprint density at radius 2 is 2.20 bits per heavy atom. The molecule has 0 radical (unpaired) electrons. The average Bonchev–Trinajstić information content (AvgIpc) is 2.63. The molecule has 1 aromatic heterocycles. The van der Waals surface area contributed by atoms with E-state index in [0.29, 0.717) is 6.04 Å². The molecule has 1 rings (SSSR count). The summed E-state index contributed by atoms with van der Waals surface area (Å²) in [6.07, 6.45) is 5.89. The minimum Gasteiger partial charge on any atom is -0.487 e. The van der Waals surface area contributed by atoms with Crippen LogP contribution in [-0.2, 0) is 0 Å². The van der Waals surface area contributed by atoms with Crippen molar-refractivity contribution in [3.8, 4) is 5.75 Å². The summed E-state index contributed by atoms with van der Waals surface area (Å²) in [5, 5.41) is 4.22. The normalized spacial score (nSPS) is 13.1. The standard InChI is InChI=1S/C11H21N3O/c1-9(2)14-8-11(7-13-14)15-10(3)5-4-6-12/h7-10H,4-6,12H2,1-3H3. The summed E-state index contributed by atoms with van der Waals surface area (Å²) < 4.78 is 7.60. The number of ether oxygens (including phenoxy) is 1. The van der Waals surface area contributed by atoms with Gasteiger partial charge in [-0.25, -0.2) is 0 Å². The highest BCUT2D eigenvalue weighted by atomic mass is 16.5. The fraction of sp³-hybridized carbons (Fsp3) is 0.727. The van der Waals surface area contributed by atoms with E-state index in [2.05, 4.69) is 25.9 Å². The van der Waals surface area contributed by atoms with Crippen molar-refractivity contribution in [1.82, 2.24) is 9.78 Å². The molecule has 0 saturated heterocycles. The topological polar surface area (TPSA) is 53.1 Å². The van der Waals surface area contributed by atoms with E-state index in [-0.39, 0.29) is 6.10 Å². The lowest BCUT2D eigenvalue weighted by molar-refractivity contribution is 0.208. The first-order chi connectivity index (χ1) is 7.13. The first-order valence-corrected chi connectivity index (χ1v) is 5.54. The van der Waals surface area contributed by atoms with Crippen LogP contribution in [-0.4, -0.2) is 22.4 Å². The summed E-state index contributed by atoms with van der Waals surface area (Å²) in [6.45, 7) is 6.96. The number of hydrogen-bond donors (Lipinski definition) is 1. The molecule has 0 aromatic carbocycles. The third-order valence-electron chi connectivity index (χ3n) is 2.26. The summed E-state index contributed by atoms with van der Waals surface area (Å²) >= 11 is 0. The molecule has 4 nitrogen and oxygen atoms in total. The van der Waals surface area contributed by atoms with Crippen LogP contribution in [0, 0.1) is 0 Å². The third-order valence-corrected chi connectivity index (χ3v) is 2.26. The molecule has 0 spiro atoms. The molecular formula is C11H21N3O. The van der Waals surface area contributed by atoms with Crippen LogP contribution in [0.3, 0.4) is 0 Å². The van der Waals surface area contributed by atoms with E-state index in [1.165, 1.54) is 0 Å². The Labute approximate surface area is 91.4 Å². The maximum absolute atomic E-state index is 5.71. The van der Waals surface area contributed by atoms with Gasteiger partial charge in [-0.05, 0) is 40.2 Å². The molecule has 0 aliphatic heterocycles. The van der Waals surface area contributed by atoms with Gasteiger partial charge >= 0.3 is 0 Å². The quantitative estimate of drug-likeness (QED) is 0.782. The number of aromatic nitrogens is 2. The van der Waals surface area contributed by atoms with Gasteiger partial charge in [-0.1, -0.05) is 0 Å². The monoisotopic (exact) mass is 211 g/mol. The van der Waals surface area contributed by atoms with Gasteiger partial charge in [0, 0.05) is 6.04 Å². The molecule has 0 fully saturated rings. The number of hydrogen-bond acceptors (Lipinski definition) is 3. The Balaban J connectivity index is 2.42. The van der Waals surface area contributed by atoms with Crippen molar-refractivity contribution in [3.05, 3.63) is 12.4 Å². The Bertz CT molecular complexity index is 283. The molecule has 0 saturated carbocycles. The lowest BCUT2D eigenvalue weighted by Gasteiger charge is -2.12. The van der Waals surface area contributed by atoms with E-state index in [4.69, 9.17) is 10.5 Å². The molecule has 1 atom stereocenters. The predicted molar refractivity (Wildman–Crippen MR) is 61.0 cm³/mol. The predicted octanol–water partition coefficient (Wildman–Crippen LogP) is 1.97. The van der Waals surface area contributed by atoms with Gasteiger partial charge in [-0.15, -0.1) is 0 Å². The van der Waals surface area contributed by atoms with Gasteiger partial charge in [-0.2, -0.15) is 5.10 Å². The van der Waals surface area contributed by atoms with Gasteiger partial charge < -0.3 is 10.5 Å². The SMILES string of the molecule is CC(CCCN)Oc1cnn(C(C)C)c1. The van der Waals surface area contributed by atoms with E-state index in [1.54, 1.807) is 6.20 Å². The summed E-state index contributed by atoms with van der Waals surface area (Å²) in [5.41, 5.74) is 5.44. The molecule has 0 amide bonds. The van der Waals surface area contributed by atoms with E-state index in [9.17, 15) is 0 Å². The second-order valence-corrected chi connectivity index (χ2v) is 4.11. The number of nitrogens with two attached hydrogens (primary N) is 1. The zero-order valence-corrected chi connectivity index (χ0v) is 9.81. The Morgan fingerprint density at radius 1 is 1.47 bits per heavy atom. The molecule has 0 aliphatic rings. The van der Waals surface area contributed by atoms with Crippen molar-refractivity contribution in [2.75, 3.05) is 6.54 Å². The zero-order chi connectivity index (χ0) is 11.3. The summed E-state index contributed by atoms with van der Waals surface area (Å²) in [6, 6.07) is 0.377. The highest BCUT2D eigenvalue weighted by Gasteiger charge is 2.06. The maximum Gasteiger partial charge on any atom is 0.157 e. The molecule has 2 N–H and O–H groups in total. The minimum absolute atomic E-state index is 0.207. The minimum atomic E-state index is 0.207. The van der Waals surface area contributed by atoms with Crippen molar-refractivity contribution in [2.45, 2.75) is 45.8 Å². The molecule has 1 heterocycles. The van der Waals surface area contributed by atoms with Crippen LogP contribution in [0.5, 0.6) is 5.75 Å². The van der Waals surface area contributed by atoms with Crippen LogP contribution in [0.15, 0.2) is 12.4 Å². The Morgan fingerprint density at radius 3 is 2.73 bits per heavy atom. The maximum atomic E-state index is 5.71. The molecular weight excluding hydrogens is 190 g/mol. The Hall–Kier alpha value is -1.03. The van der Waals surface area contributed by atoms with Crippen LogP contribution < -0.4 is 10.5 Å². The van der Waals surface area contributed by atoms with Crippen molar-refractivity contribution in [1.29, 1.82) is 0 Å². The number of rotatable bonds is 6. The second-order valence-electron chi connectivity index (χ2n) is 4.11. The molecule has 1 aromatic rings. The molecule has 86 valence electrons. The summed E-state index contributed by atoms with van der Waals surface area (Å²) in [4.78, 5) is 0. The van der Waals surface area contributed by atoms with Crippen LogP contribution in [0.1, 0.15) is 39.7 Å². The first kappa shape index (κ1) is 12.0. The van der Waals surface area contributed by atoms with Crippen LogP contribution >= 0.6 is 0 Å². The van der Waals surface area contributed by atoms with Gasteiger partial charge in [0.05, 0.1) is 18.5 Å². The lowest BCUT2D eigenvalue weighted by Crippen LogP contribution is -2.13. The van der Waals surface area contributed by atoms with E-state index >= 15 is 0 Å². The molecule has 0 bridgehead atoms. The third kappa shape index (κ3) is 3.91. The van der Waals surface area contributed by atoms with Gasteiger partial charge in [-0.3, -0.25) is 4.68 Å².